The van der Waals surface area contributed by atoms with Gasteiger partial charge in [-0.25, -0.2) is 0 Å². The predicted octanol–water partition coefficient (Wildman–Crippen LogP) is 2.56. The average Bonchev–Trinajstić information content (AvgIpc) is 2.12. The van der Waals surface area contributed by atoms with Crippen molar-refractivity contribution in [3.05, 3.63) is 0 Å². The van der Waals surface area contributed by atoms with Gasteiger partial charge in [0.2, 0.25) is 0 Å². The third-order valence-corrected chi connectivity index (χ3v) is 3.59. The SMILES string of the molecule is ON1CCCCC12CCCCC2. The maximum atomic E-state index is 9.82. The molecule has 12 heavy (non-hydrogen) atoms. The van der Waals surface area contributed by atoms with Crippen LogP contribution < -0.4 is 0 Å². The summed E-state index contributed by atoms with van der Waals surface area (Å²) >= 11 is 0. The van der Waals surface area contributed by atoms with Gasteiger partial charge in [0.1, 0.15) is 0 Å². The molecule has 0 atom stereocenters. The van der Waals surface area contributed by atoms with Crippen molar-refractivity contribution in [2.45, 2.75) is 56.9 Å². The van der Waals surface area contributed by atoms with Crippen LogP contribution in [0.15, 0.2) is 0 Å². The Morgan fingerprint density at radius 1 is 0.833 bits per heavy atom. The van der Waals surface area contributed by atoms with Crippen molar-refractivity contribution in [1.29, 1.82) is 0 Å². The standard InChI is InChI=1S/C10H19NO/c12-11-9-5-4-8-10(11)6-2-1-3-7-10/h12H,1-9H2. The van der Waals surface area contributed by atoms with Crippen molar-refractivity contribution in [2.24, 2.45) is 0 Å². The van der Waals surface area contributed by atoms with Crippen molar-refractivity contribution in [2.75, 3.05) is 6.54 Å². The smallest absolute Gasteiger partial charge is 0.0460 e. The molecule has 1 spiro atoms. The Balaban J connectivity index is 2.04. The van der Waals surface area contributed by atoms with Gasteiger partial charge < -0.3 is 5.21 Å². The van der Waals surface area contributed by atoms with Crippen molar-refractivity contribution in [1.82, 2.24) is 5.06 Å². The molecule has 1 aliphatic carbocycles. The average molecular weight is 169 g/mol. The molecule has 0 radical (unpaired) electrons. The van der Waals surface area contributed by atoms with Gasteiger partial charge in [-0.15, -0.1) is 0 Å². The first-order valence-corrected chi connectivity index (χ1v) is 5.30. The van der Waals surface area contributed by atoms with Crippen molar-refractivity contribution in [3.8, 4) is 0 Å². The Bertz CT molecular complexity index is 144. The van der Waals surface area contributed by atoms with E-state index in [0.717, 1.165) is 6.54 Å². The fourth-order valence-corrected chi connectivity index (χ4v) is 2.80. The molecular weight excluding hydrogens is 150 g/mol. The molecule has 2 fully saturated rings. The summed E-state index contributed by atoms with van der Waals surface area (Å²) in [4.78, 5) is 0. The molecule has 0 bridgehead atoms. The summed E-state index contributed by atoms with van der Waals surface area (Å²) < 4.78 is 0. The van der Waals surface area contributed by atoms with Gasteiger partial charge >= 0.3 is 0 Å². The highest BCUT2D eigenvalue weighted by Crippen LogP contribution is 2.39. The van der Waals surface area contributed by atoms with Crippen LogP contribution in [0.2, 0.25) is 0 Å². The molecule has 1 saturated carbocycles. The summed E-state index contributed by atoms with van der Waals surface area (Å²) in [7, 11) is 0. The van der Waals surface area contributed by atoms with Crippen molar-refractivity contribution < 1.29 is 5.21 Å². The Hall–Kier alpha value is -0.0800. The number of piperidine rings is 1. The number of hydrogen-bond donors (Lipinski definition) is 1. The number of rotatable bonds is 0. The molecule has 70 valence electrons. The van der Waals surface area contributed by atoms with E-state index >= 15 is 0 Å². The Morgan fingerprint density at radius 2 is 1.42 bits per heavy atom. The Kier molecular flexibility index (Phi) is 2.37. The normalized spacial score (nSPS) is 30.8. The summed E-state index contributed by atoms with van der Waals surface area (Å²) in [6.07, 6.45) is 10.2. The van der Waals surface area contributed by atoms with E-state index in [1.54, 1.807) is 5.06 Å². The van der Waals surface area contributed by atoms with Crippen LogP contribution in [-0.2, 0) is 0 Å². The number of hydrogen-bond acceptors (Lipinski definition) is 2. The molecule has 1 heterocycles. The molecular formula is C10H19NO. The third kappa shape index (κ3) is 1.38. The van der Waals surface area contributed by atoms with Crippen LogP contribution >= 0.6 is 0 Å². The van der Waals surface area contributed by atoms with E-state index in [1.165, 1.54) is 51.4 Å². The molecule has 2 nitrogen and oxygen atoms in total. The molecule has 1 saturated heterocycles. The fourth-order valence-electron chi connectivity index (χ4n) is 2.80. The zero-order valence-corrected chi connectivity index (χ0v) is 7.76. The second-order valence-corrected chi connectivity index (χ2v) is 4.37. The minimum Gasteiger partial charge on any atom is -0.313 e. The summed E-state index contributed by atoms with van der Waals surface area (Å²) in [5.74, 6) is 0. The molecule has 2 heteroatoms. The van der Waals surface area contributed by atoms with E-state index in [1.807, 2.05) is 0 Å². The maximum Gasteiger partial charge on any atom is 0.0460 e. The zero-order valence-electron chi connectivity index (χ0n) is 7.76. The topological polar surface area (TPSA) is 23.5 Å². The number of hydroxylamine groups is 2. The van der Waals surface area contributed by atoms with Crippen LogP contribution in [0, 0.1) is 0 Å². The second kappa shape index (κ2) is 3.35. The monoisotopic (exact) mass is 169 g/mol. The van der Waals surface area contributed by atoms with Crippen LogP contribution in [0.4, 0.5) is 0 Å². The summed E-state index contributed by atoms with van der Waals surface area (Å²) in [5.41, 5.74) is 0.205. The molecule has 2 rings (SSSR count). The highest BCUT2D eigenvalue weighted by atomic mass is 16.5. The minimum atomic E-state index is 0.205. The van der Waals surface area contributed by atoms with Gasteiger partial charge in [0.05, 0.1) is 0 Å². The first-order chi connectivity index (χ1) is 5.83. The highest BCUT2D eigenvalue weighted by molar-refractivity contribution is 4.92. The molecule has 1 aliphatic heterocycles. The van der Waals surface area contributed by atoms with E-state index in [9.17, 15) is 5.21 Å². The van der Waals surface area contributed by atoms with Crippen LogP contribution in [-0.4, -0.2) is 22.4 Å². The molecule has 1 N–H and O–H groups in total. The lowest BCUT2D eigenvalue weighted by molar-refractivity contribution is -0.201. The zero-order chi connectivity index (χ0) is 8.44. The first kappa shape index (κ1) is 8.52. The first-order valence-electron chi connectivity index (χ1n) is 5.30. The highest BCUT2D eigenvalue weighted by Gasteiger charge is 2.38. The van der Waals surface area contributed by atoms with Gasteiger partial charge in [-0.3, -0.25) is 0 Å². The van der Waals surface area contributed by atoms with E-state index < -0.39 is 0 Å². The number of nitrogens with zero attached hydrogens (tertiary/aromatic N) is 1. The van der Waals surface area contributed by atoms with Gasteiger partial charge in [-0.1, -0.05) is 25.7 Å². The quantitative estimate of drug-likeness (QED) is 0.602. The van der Waals surface area contributed by atoms with Gasteiger partial charge in [-0.2, -0.15) is 5.06 Å². The fraction of sp³-hybridized carbons (Fsp3) is 1.00. The van der Waals surface area contributed by atoms with Crippen LogP contribution in [0.25, 0.3) is 0 Å². The van der Waals surface area contributed by atoms with E-state index in [4.69, 9.17) is 0 Å². The lowest BCUT2D eigenvalue weighted by atomic mass is 9.76. The van der Waals surface area contributed by atoms with E-state index in [0.29, 0.717) is 0 Å². The molecule has 0 amide bonds. The van der Waals surface area contributed by atoms with E-state index in [2.05, 4.69) is 0 Å². The van der Waals surface area contributed by atoms with Crippen molar-refractivity contribution in [3.63, 3.8) is 0 Å². The van der Waals surface area contributed by atoms with Gasteiger partial charge in [0.25, 0.3) is 0 Å². The van der Waals surface area contributed by atoms with Crippen molar-refractivity contribution >= 4 is 0 Å². The van der Waals surface area contributed by atoms with E-state index in [-0.39, 0.29) is 5.54 Å². The molecule has 0 unspecified atom stereocenters. The van der Waals surface area contributed by atoms with Gasteiger partial charge in [-0.05, 0) is 25.7 Å². The molecule has 0 aromatic heterocycles. The lowest BCUT2D eigenvalue weighted by Crippen LogP contribution is -2.51. The summed E-state index contributed by atoms with van der Waals surface area (Å²) in [5, 5.41) is 11.5. The lowest BCUT2D eigenvalue weighted by Gasteiger charge is -2.46. The van der Waals surface area contributed by atoms with Gasteiger partial charge in [0, 0.05) is 12.1 Å². The maximum absolute atomic E-state index is 9.82. The summed E-state index contributed by atoms with van der Waals surface area (Å²) in [6, 6.07) is 0. The minimum absolute atomic E-state index is 0.205. The third-order valence-electron chi connectivity index (χ3n) is 3.59. The Labute approximate surface area is 74.5 Å². The largest absolute Gasteiger partial charge is 0.313 e. The molecule has 0 aromatic carbocycles. The molecule has 2 aliphatic rings. The van der Waals surface area contributed by atoms with Crippen LogP contribution in [0.1, 0.15) is 51.4 Å². The Morgan fingerprint density at radius 3 is 2.00 bits per heavy atom. The second-order valence-electron chi connectivity index (χ2n) is 4.37. The van der Waals surface area contributed by atoms with Gasteiger partial charge in [0.15, 0.2) is 0 Å². The van der Waals surface area contributed by atoms with Crippen LogP contribution in [0.5, 0.6) is 0 Å². The summed E-state index contributed by atoms with van der Waals surface area (Å²) in [6.45, 7) is 0.903. The molecule has 0 aromatic rings. The predicted molar refractivity (Wildman–Crippen MR) is 48.2 cm³/mol. The van der Waals surface area contributed by atoms with Crippen LogP contribution in [0.3, 0.4) is 0 Å².